The number of ether oxygens (including phenoxy) is 1. The Morgan fingerprint density at radius 3 is 2.64 bits per heavy atom. The van der Waals surface area contributed by atoms with E-state index in [1.807, 2.05) is 42.5 Å². The highest BCUT2D eigenvalue weighted by molar-refractivity contribution is 6.34. The van der Waals surface area contributed by atoms with Crippen LogP contribution in [0.1, 0.15) is 36.5 Å². The number of methoxy groups -OCH3 is 1. The largest absolute Gasteiger partial charge is 0.496 e. The number of amides is 1. The van der Waals surface area contributed by atoms with E-state index >= 15 is 0 Å². The van der Waals surface area contributed by atoms with Crippen LogP contribution in [0.15, 0.2) is 42.5 Å². The lowest BCUT2D eigenvalue weighted by atomic mass is 9.97. The van der Waals surface area contributed by atoms with Crippen LogP contribution in [0.25, 0.3) is 11.6 Å². The van der Waals surface area contributed by atoms with Crippen LogP contribution in [0.5, 0.6) is 5.75 Å². The van der Waals surface area contributed by atoms with Crippen molar-refractivity contribution in [1.29, 1.82) is 0 Å². The van der Waals surface area contributed by atoms with Crippen molar-refractivity contribution in [3.05, 3.63) is 59.2 Å². The predicted octanol–water partition coefficient (Wildman–Crippen LogP) is 4.31. The van der Waals surface area contributed by atoms with Gasteiger partial charge in [0.1, 0.15) is 5.75 Å². The Balaban J connectivity index is 2.06. The first-order valence-electron chi connectivity index (χ1n) is 7.40. The zero-order valence-electron chi connectivity index (χ0n) is 13.0. The fraction of sp³-hybridized carbons (Fsp3) is 0.211. The molecule has 0 saturated heterocycles. The molecule has 0 atom stereocenters. The zero-order chi connectivity index (χ0) is 15.7. The first-order valence-corrected chi connectivity index (χ1v) is 7.40. The molecule has 0 aromatic heterocycles. The summed E-state index contributed by atoms with van der Waals surface area (Å²) >= 11 is 0. The molecule has 1 amide bonds. The molecule has 3 heteroatoms. The van der Waals surface area contributed by atoms with E-state index in [0.717, 1.165) is 28.1 Å². The number of rotatable bonds is 3. The van der Waals surface area contributed by atoms with Gasteiger partial charge in [-0.05, 0) is 41.3 Å². The summed E-state index contributed by atoms with van der Waals surface area (Å²) in [5, 5.41) is 2.90. The number of nitrogens with one attached hydrogen (secondary N) is 1. The number of hydrogen-bond acceptors (Lipinski definition) is 2. The van der Waals surface area contributed by atoms with Crippen LogP contribution in [0.4, 0.5) is 5.69 Å². The number of carbonyl (C=O) groups excluding carboxylic acids is 1. The minimum absolute atomic E-state index is 0.0527. The Morgan fingerprint density at radius 1 is 1.14 bits per heavy atom. The number of hydrogen-bond donors (Lipinski definition) is 1. The fourth-order valence-corrected chi connectivity index (χ4v) is 2.74. The minimum Gasteiger partial charge on any atom is -0.496 e. The second kappa shape index (κ2) is 5.68. The highest BCUT2D eigenvalue weighted by Gasteiger charge is 2.23. The Labute approximate surface area is 130 Å². The van der Waals surface area contributed by atoms with Gasteiger partial charge in [0.2, 0.25) is 0 Å². The SMILES string of the molecule is COc1ccc(C=C2C(=O)Nc3ccccc32)cc1C(C)C. The molecule has 1 heterocycles. The summed E-state index contributed by atoms with van der Waals surface area (Å²) in [6.07, 6.45) is 1.94. The second-order valence-electron chi connectivity index (χ2n) is 5.71. The van der Waals surface area contributed by atoms with Crippen LogP contribution >= 0.6 is 0 Å². The van der Waals surface area contributed by atoms with Crippen molar-refractivity contribution in [3.63, 3.8) is 0 Å². The first-order chi connectivity index (χ1) is 10.6. The Morgan fingerprint density at radius 2 is 1.91 bits per heavy atom. The topological polar surface area (TPSA) is 38.3 Å². The summed E-state index contributed by atoms with van der Waals surface area (Å²) in [6, 6.07) is 13.8. The molecule has 0 fully saturated rings. The molecule has 3 nitrogen and oxygen atoms in total. The lowest BCUT2D eigenvalue weighted by molar-refractivity contribution is -0.110. The molecule has 3 rings (SSSR count). The third-order valence-corrected chi connectivity index (χ3v) is 3.90. The molecule has 1 aliphatic rings. The molecular weight excluding hydrogens is 274 g/mol. The average molecular weight is 293 g/mol. The van der Waals surface area contributed by atoms with Crippen LogP contribution in [0.2, 0.25) is 0 Å². The van der Waals surface area contributed by atoms with Crippen molar-refractivity contribution >= 4 is 23.2 Å². The third kappa shape index (κ3) is 2.50. The van der Waals surface area contributed by atoms with Crippen molar-refractivity contribution in [2.75, 3.05) is 12.4 Å². The van der Waals surface area contributed by atoms with Crippen molar-refractivity contribution in [2.45, 2.75) is 19.8 Å². The smallest absolute Gasteiger partial charge is 0.256 e. The van der Waals surface area contributed by atoms with E-state index in [2.05, 4.69) is 25.2 Å². The van der Waals surface area contributed by atoms with Gasteiger partial charge in [0.05, 0.1) is 7.11 Å². The van der Waals surface area contributed by atoms with Gasteiger partial charge in [-0.3, -0.25) is 4.79 Å². The Kier molecular flexibility index (Phi) is 3.72. The maximum Gasteiger partial charge on any atom is 0.256 e. The molecule has 0 aliphatic carbocycles. The van der Waals surface area contributed by atoms with Crippen molar-refractivity contribution in [3.8, 4) is 5.75 Å². The Hall–Kier alpha value is -2.55. The maximum atomic E-state index is 12.2. The van der Waals surface area contributed by atoms with E-state index in [-0.39, 0.29) is 5.91 Å². The molecular formula is C19H19NO2. The van der Waals surface area contributed by atoms with Gasteiger partial charge in [-0.15, -0.1) is 0 Å². The zero-order valence-corrected chi connectivity index (χ0v) is 13.0. The van der Waals surface area contributed by atoms with Crippen molar-refractivity contribution in [2.24, 2.45) is 0 Å². The molecule has 0 radical (unpaired) electrons. The van der Waals surface area contributed by atoms with Crippen LogP contribution in [0, 0.1) is 0 Å². The summed E-state index contributed by atoms with van der Waals surface area (Å²) in [7, 11) is 1.68. The molecule has 0 spiro atoms. The van der Waals surface area contributed by atoms with Gasteiger partial charge in [-0.25, -0.2) is 0 Å². The summed E-state index contributed by atoms with van der Waals surface area (Å²) in [5.41, 5.74) is 4.68. The minimum atomic E-state index is -0.0527. The molecule has 0 bridgehead atoms. The van der Waals surface area contributed by atoms with Crippen molar-refractivity contribution < 1.29 is 9.53 Å². The molecule has 2 aromatic carbocycles. The summed E-state index contributed by atoms with van der Waals surface area (Å²) in [6.45, 7) is 4.26. The number of carbonyl (C=O) groups is 1. The number of benzene rings is 2. The van der Waals surface area contributed by atoms with Gasteiger partial charge < -0.3 is 10.1 Å². The quantitative estimate of drug-likeness (QED) is 0.856. The van der Waals surface area contributed by atoms with E-state index in [1.165, 1.54) is 0 Å². The molecule has 0 saturated carbocycles. The second-order valence-corrected chi connectivity index (χ2v) is 5.71. The average Bonchev–Trinajstić information content (AvgIpc) is 2.83. The van der Waals surface area contributed by atoms with E-state index in [1.54, 1.807) is 7.11 Å². The fourth-order valence-electron chi connectivity index (χ4n) is 2.74. The van der Waals surface area contributed by atoms with Gasteiger partial charge in [0, 0.05) is 16.8 Å². The van der Waals surface area contributed by atoms with E-state index in [0.29, 0.717) is 11.5 Å². The summed E-state index contributed by atoms with van der Waals surface area (Å²) in [5.74, 6) is 1.19. The summed E-state index contributed by atoms with van der Waals surface area (Å²) < 4.78 is 5.41. The Bertz CT molecular complexity index is 760. The predicted molar refractivity (Wildman–Crippen MR) is 90.0 cm³/mol. The number of para-hydroxylation sites is 1. The van der Waals surface area contributed by atoms with Gasteiger partial charge in [0.15, 0.2) is 0 Å². The highest BCUT2D eigenvalue weighted by Crippen LogP contribution is 2.34. The monoisotopic (exact) mass is 293 g/mol. The van der Waals surface area contributed by atoms with E-state index in [4.69, 9.17) is 4.74 Å². The summed E-state index contributed by atoms with van der Waals surface area (Å²) in [4.78, 5) is 12.2. The standard InChI is InChI=1S/C19H19NO2/c1-12(2)15-10-13(8-9-18(15)22-3)11-16-14-6-4-5-7-17(14)20-19(16)21/h4-12H,1-3H3,(H,20,21). The molecule has 2 aromatic rings. The number of anilines is 1. The van der Waals surface area contributed by atoms with Gasteiger partial charge in [-0.2, -0.15) is 0 Å². The van der Waals surface area contributed by atoms with Crippen molar-refractivity contribution in [1.82, 2.24) is 0 Å². The van der Waals surface area contributed by atoms with E-state index < -0.39 is 0 Å². The third-order valence-electron chi connectivity index (χ3n) is 3.90. The van der Waals surface area contributed by atoms with Crippen LogP contribution in [-0.4, -0.2) is 13.0 Å². The molecule has 1 aliphatic heterocycles. The maximum absolute atomic E-state index is 12.2. The van der Waals surface area contributed by atoms with Gasteiger partial charge in [-0.1, -0.05) is 38.1 Å². The first kappa shape index (κ1) is 14.4. The molecule has 1 N–H and O–H groups in total. The van der Waals surface area contributed by atoms with Crippen LogP contribution in [0.3, 0.4) is 0 Å². The highest BCUT2D eigenvalue weighted by atomic mass is 16.5. The van der Waals surface area contributed by atoms with Gasteiger partial charge in [0.25, 0.3) is 5.91 Å². The normalized spacial score (nSPS) is 15.1. The lowest BCUT2D eigenvalue weighted by Gasteiger charge is -2.12. The number of fused-ring (bicyclic) bond motifs is 1. The lowest BCUT2D eigenvalue weighted by Crippen LogP contribution is -2.03. The van der Waals surface area contributed by atoms with E-state index in [9.17, 15) is 4.79 Å². The molecule has 22 heavy (non-hydrogen) atoms. The molecule has 112 valence electrons. The molecule has 0 unspecified atom stereocenters. The van der Waals surface area contributed by atoms with Crippen LogP contribution in [-0.2, 0) is 4.79 Å². The van der Waals surface area contributed by atoms with Crippen LogP contribution < -0.4 is 10.1 Å². The van der Waals surface area contributed by atoms with Gasteiger partial charge >= 0.3 is 0 Å².